The van der Waals surface area contributed by atoms with Crippen LogP contribution in [0.2, 0.25) is 0 Å². The molecule has 8 heteroatoms. The van der Waals surface area contributed by atoms with Gasteiger partial charge in [0.25, 0.3) is 5.56 Å². The molecule has 6 nitrogen and oxygen atoms in total. The molecule has 0 fully saturated rings. The van der Waals surface area contributed by atoms with Crippen LogP contribution in [0.5, 0.6) is 5.88 Å². The minimum atomic E-state index is -0.794. The molecule has 3 rings (SSSR count). The predicted octanol–water partition coefficient (Wildman–Crippen LogP) is 2.19. The molecule has 3 aromatic rings. The van der Waals surface area contributed by atoms with Crippen molar-refractivity contribution in [2.24, 2.45) is 4.99 Å². The van der Waals surface area contributed by atoms with Crippen LogP contribution in [-0.2, 0) is 13.1 Å². The Labute approximate surface area is 152 Å². The zero-order valence-electron chi connectivity index (χ0n) is 14.0. The number of aliphatic imine (C=N–C) groups is 1. The molecule has 2 aromatic carbocycles. The van der Waals surface area contributed by atoms with Gasteiger partial charge in [0.15, 0.2) is 0 Å². The summed E-state index contributed by atoms with van der Waals surface area (Å²) in [5.74, 6) is -1.34. The average Bonchev–Trinajstić information content (AvgIpc) is 2.64. The van der Waals surface area contributed by atoms with E-state index >= 15 is 0 Å². The van der Waals surface area contributed by atoms with E-state index in [4.69, 9.17) is 0 Å². The molecule has 0 bridgehead atoms. The molecule has 0 aliphatic carbocycles. The first kappa shape index (κ1) is 18.2. The minimum Gasteiger partial charge on any atom is -0.494 e. The highest BCUT2D eigenvalue weighted by molar-refractivity contribution is 5.81. The molecule has 0 atom stereocenters. The van der Waals surface area contributed by atoms with Gasteiger partial charge in [0.2, 0.25) is 5.88 Å². The highest BCUT2D eigenvalue weighted by atomic mass is 19.1. The first-order valence-corrected chi connectivity index (χ1v) is 7.99. The summed E-state index contributed by atoms with van der Waals surface area (Å²) in [5.41, 5.74) is -0.481. The standard InChI is InChI=1S/C19H15F2N3O3/c20-14-5-1-12(2-6-14)9-22-10-16-17(25)23-19(27)24(18(16)26)11-13-3-7-15(21)8-4-13/h1-8,10,26H,9,11H2,(H,23,25,27). The van der Waals surface area contributed by atoms with E-state index in [9.17, 15) is 23.5 Å². The highest BCUT2D eigenvalue weighted by Crippen LogP contribution is 2.12. The first-order chi connectivity index (χ1) is 12.9. The fourth-order valence-corrected chi connectivity index (χ4v) is 2.44. The molecular formula is C19H15F2N3O3. The number of aromatic hydroxyl groups is 1. The molecule has 1 heterocycles. The van der Waals surface area contributed by atoms with Gasteiger partial charge in [0.05, 0.1) is 13.1 Å². The van der Waals surface area contributed by atoms with Gasteiger partial charge in [-0.05, 0) is 35.4 Å². The van der Waals surface area contributed by atoms with Gasteiger partial charge in [-0.25, -0.2) is 13.6 Å². The van der Waals surface area contributed by atoms with E-state index in [0.29, 0.717) is 11.1 Å². The van der Waals surface area contributed by atoms with E-state index < -0.39 is 22.9 Å². The van der Waals surface area contributed by atoms with E-state index in [2.05, 4.69) is 9.98 Å². The summed E-state index contributed by atoms with van der Waals surface area (Å²) in [4.78, 5) is 30.2. The number of rotatable bonds is 5. The van der Waals surface area contributed by atoms with Crippen LogP contribution in [0.3, 0.4) is 0 Å². The Hall–Kier alpha value is -3.55. The topological polar surface area (TPSA) is 87.5 Å². The first-order valence-electron chi connectivity index (χ1n) is 7.99. The third-order valence-electron chi connectivity index (χ3n) is 3.87. The van der Waals surface area contributed by atoms with Crippen LogP contribution in [-0.4, -0.2) is 20.9 Å². The molecule has 0 aliphatic rings. The fourth-order valence-electron chi connectivity index (χ4n) is 2.44. The molecule has 138 valence electrons. The molecule has 27 heavy (non-hydrogen) atoms. The van der Waals surface area contributed by atoms with Crippen molar-refractivity contribution in [3.8, 4) is 5.88 Å². The highest BCUT2D eigenvalue weighted by Gasteiger charge is 2.13. The molecule has 2 N–H and O–H groups in total. The maximum Gasteiger partial charge on any atom is 0.331 e. The van der Waals surface area contributed by atoms with Crippen molar-refractivity contribution in [3.63, 3.8) is 0 Å². The maximum atomic E-state index is 13.0. The smallest absolute Gasteiger partial charge is 0.331 e. The van der Waals surface area contributed by atoms with Gasteiger partial charge in [-0.3, -0.25) is 19.3 Å². The summed E-state index contributed by atoms with van der Waals surface area (Å²) >= 11 is 0. The SMILES string of the molecule is O=c1[nH]c(=O)n(Cc2ccc(F)cc2)c(O)c1C=NCc1ccc(F)cc1. The Balaban J connectivity index is 1.87. The van der Waals surface area contributed by atoms with Gasteiger partial charge in [0, 0.05) is 6.21 Å². The van der Waals surface area contributed by atoms with Crippen molar-refractivity contribution < 1.29 is 13.9 Å². The third-order valence-corrected chi connectivity index (χ3v) is 3.87. The second-order valence-corrected chi connectivity index (χ2v) is 5.81. The predicted molar refractivity (Wildman–Crippen MR) is 96.2 cm³/mol. The molecule has 0 radical (unpaired) electrons. The lowest BCUT2D eigenvalue weighted by molar-refractivity contribution is 0.408. The minimum absolute atomic E-state index is 0.0550. The molecule has 0 amide bonds. The van der Waals surface area contributed by atoms with Crippen molar-refractivity contribution in [2.75, 3.05) is 0 Å². The molecular weight excluding hydrogens is 356 g/mol. The van der Waals surface area contributed by atoms with Crippen molar-refractivity contribution >= 4 is 6.21 Å². The third kappa shape index (κ3) is 4.35. The summed E-state index contributed by atoms with van der Waals surface area (Å²) < 4.78 is 26.8. The molecule has 1 aromatic heterocycles. The Morgan fingerprint density at radius 3 is 2.11 bits per heavy atom. The molecule has 0 aliphatic heterocycles. The molecule has 0 saturated carbocycles. The van der Waals surface area contributed by atoms with Crippen LogP contribution in [0.25, 0.3) is 0 Å². The summed E-state index contributed by atoms with van der Waals surface area (Å²) in [6, 6.07) is 11.1. The second kappa shape index (κ2) is 7.77. The Morgan fingerprint density at radius 2 is 1.52 bits per heavy atom. The van der Waals surface area contributed by atoms with Crippen molar-refractivity contribution in [1.29, 1.82) is 0 Å². The zero-order chi connectivity index (χ0) is 19.4. The molecule has 0 saturated heterocycles. The number of H-pyrrole nitrogens is 1. The number of benzene rings is 2. The lowest BCUT2D eigenvalue weighted by Crippen LogP contribution is -2.32. The lowest BCUT2D eigenvalue weighted by atomic mass is 10.2. The van der Waals surface area contributed by atoms with Crippen LogP contribution in [0.1, 0.15) is 16.7 Å². The average molecular weight is 371 g/mol. The monoisotopic (exact) mass is 371 g/mol. The van der Waals surface area contributed by atoms with E-state index in [1.54, 1.807) is 12.1 Å². The summed E-state index contributed by atoms with van der Waals surface area (Å²) in [7, 11) is 0. The van der Waals surface area contributed by atoms with Crippen LogP contribution in [0.4, 0.5) is 8.78 Å². The molecule has 0 spiro atoms. The summed E-state index contributed by atoms with van der Waals surface area (Å²) in [5, 5.41) is 10.3. The van der Waals surface area contributed by atoms with Gasteiger partial charge in [-0.2, -0.15) is 0 Å². The number of nitrogens with one attached hydrogen (secondary N) is 1. The van der Waals surface area contributed by atoms with Crippen LogP contribution in [0.15, 0.2) is 63.1 Å². The van der Waals surface area contributed by atoms with E-state index in [1.807, 2.05) is 0 Å². The molecule has 0 unspecified atom stereocenters. The lowest BCUT2D eigenvalue weighted by Gasteiger charge is -2.09. The van der Waals surface area contributed by atoms with Crippen LogP contribution < -0.4 is 11.2 Å². The van der Waals surface area contributed by atoms with Gasteiger partial charge < -0.3 is 5.11 Å². The number of hydrogen-bond donors (Lipinski definition) is 2. The zero-order valence-corrected chi connectivity index (χ0v) is 14.0. The van der Waals surface area contributed by atoms with Crippen molar-refractivity contribution in [1.82, 2.24) is 9.55 Å². The Morgan fingerprint density at radius 1 is 0.963 bits per heavy atom. The van der Waals surface area contributed by atoms with Crippen LogP contribution >= 0.6 is 0 Å². The van der Waals surface area contributed by atoms with Crippen molar-refractivity contribution in [2.45, 2.75) is 13.1 Å². The number of aromatic amines is 1. The summed E-state index contributed by atoms with van der Waals surface area (Å²) in [6.45, 7) is 0.108. The van der Waals surface area contributed by atoms with Gasteiger partial charge in [-0.1, -0.05) is 24.3 Å². The van der Waals surface area contributed by atoms with E-state index in [-0.39, 0.29) is 24.5 Å². The van der Waals surface area contributed by atoms with Crippen molar-refractivity contribution in [3.05, 3.63) is 97.7 Å². The van der Waals surface area contributed by atoms with Crippen LogP contribution in [0, 0.1) is 11.6 Å². The van der Waals surface area contributed by atoms with E-state index in [1.165, 1.54) is 36.4 Å². The normalized spacial score (nSPS) is 11.2. The largest absolute Gasteiger partial charge is 0.494 e. The Kier molecular flexibility index (Phi) is 5.25. The fraction of sp³-hybridized carbons (Fsp3) is 0.105. The van der Waals surface area contributed by atoms with Gasteiger partial charge in [0.1, 0.15) is 17.2 Å². The summed E-state index contributed by atoms with van der Waals surface area (Å²) in [6.07, 6.45) is 1.15. The second-order valence-electron chi connectivity index (χ2n) is 5.81. The van der Waals surface area contributed by atoms with Gasteiger partial charge in [-0.15, -0.1) is 0 Å². The number of nitrogens with zero attached hydrogens (tertiary/aromatic N) is 2. The number of aromatic nitrogens is 2. The van der Waals surface area contributed by atoms with E-state index in [0.717, 1.165) is 10.8 Å². The number of hydrogen-bond acceptors (Lipinski definition) is 4. The number of halogens is 2. The Bertz CT molecular complexity index is 1090. The van der Waals surface area contributed by atoms with Gasteiger partial charge >= 0.3 is 5.69 Å². The quantitative estimate of drug-likeness (QED) is 0.674. The maximum absolute atomic E-state index is 13.0.